The molecule has 0 spiro atoms. The summed E-state index contributed by atoms with van der Waals surface area (Å²) in [5, 5.41) is 5.29. The summed E-state index contributed by atoms with van der Waals surface area (Å²) in [6, 6.07) is 0. The second-order valence-corrected chi connectivity index (χ2v) is 5.43. The fourth-order valence-electron chi connectivity index (χ4n) is 0.604. The molecule has 0 aliphatic carbocycles. The highest BCUT2D eigenvalue weighted by molar-refractivity contribution is 8.17. The van der Waals surface area contributed by atoms with Gasteiger partial charge < -0.3 is 5.01 Å². The van der Waals surface area contributed by atoms with Gasteiger partial charge in [-0.15, -0.1) is 0 Å². The van der Waals surface area contributed by atoms with Crippen LogP contribution < -0.4 is 0 Å². The molecule has 0 aromatic heterocycles. The summed E-state index contributed by atoms with van der Waals surface area (Å²) in [5.74, 6) is 0. The molecular weight excluding hydrogens is 212 g/mol. The molecule has 6 heteroatoms. The van der Waals surface area contributed by atoms with Crippen LogP contribution in [0.15, 0.2) is 15.6 Å². The van der Waals surface area contributed by atoms with Gasteiger partial charge in [0.1, 0.15) is 4.91 Å². The second-order valence-electron chi connectivity index (χ2n) is 2.89. The van der Waals surface area contributed by atoms with Gasteiger partial charge in [0, 0.05) is 24.8 Å². The minimum atomic E-state index is -3.68. The number of rotatable bonds is 3. The van der Waals surface area contributed by atoms with Crippen LogP contribution in [0.1, 0.15) is 13.8 Å². The average Bonchev–Trinajstić information content (AvgIpc) is 1.81. The quantitative estimate of drug-likeness (QED) is 0.414. The lowest BCUT2D eigenvalue weighted by Crippen LogP contribution is -2.05. The largest absolute Gasteiger partial charge is 0.303 e. The zero-order chi connectivity index (χ0) is 10.6. The van der Waals surface area contributed by atoms with Gasteiger partial charge in [0.2, 0.25) is 0 Å². The molecule has 0 radical (unpaired) electrons. The normalized spacial score (nSPS) is 11.8. The first kappa shape index (κ1) is 12.4. The van der Waals surface area contributed by atoms with E-state index in [2.05, 4.69) is 5.10 Å². The molecule has 0 bridgehead atoms. The third kappa shape index (κ3) is 4.90. The Balaban J connectivity index is 5.02. The second kappa shape index (κ2) is 4.62. The predicted octanol–water partition coefficient (Wildman–Crippen LogP) is 1.40. The Hall–Kier alpha value is -0.550. The zero-order valence-corrected chi connectivity index (χ0v) is 9.65. The Morgan fingerprint density at radius 2 is 1.85 bits per heavy atom. The lowest BCUT2D eigenvalue weighted by Gasteiger charge is -2.04. The molecule has 0 saturated carbocycles. The van der Waals surface area contributed by atoms with Crippen molar-refractivity contribution in [3.63, 3.8) is 0 Å². The van der Waals surface area contributed by atoms with Gasteiger partial charge in [0.05, 0.1) is 6.21 Å². The Labute approximate surface area is 83.3 Å². The lowest BCUT2D eigenvalue weighted by molar-refractivity contribution is 0.440. The van der Waals surface area contributed by atoms with Crippen molar-refractivity contribution in [1.82, 2.24) is 5.01 Å². The van der Waals surface area contributed by atoms with Crippen LogP contribution in [0.5, 0.6) is 0 Å². The van der Waals surface area contributed by atoms with E-state index in [0.29, 0.717) is 5.57 Å². The van der Waals surface area contributed by atoms with Crippen molar-refractivity contribution in [2.75, 3.05) is 14.1 Å². The third-order valence-electron chi connectivity index (χ3n) is 1.16. The fraction of sp³-hybridized carbons (Fsp3) is 0.571. The van der Waals surface area contributed by atoms with Crippen molar-refractivity contribution in [1.29, 1.82) is 0 Å². The molecule has 0 aliphatic rings. The molecule has 0 amide bonds. The first-order chi connectivity index (χ1) is 5.75. The molecule has 0 N–H and O–H groups in total. The van der Waals surface area contributed by atoms with Gasteiger partial charge in [-0.2, -0.15) is 5.10 Å². The first-order valence-electron chi connectivity index (χ1n) is 3.58. The maximum Gasteiger partial charge on any atom is 0.262 e. The maximum atomic E-state index is 11.0. The molecule has 0 aromatic rings. The minimum Gasteiger partial charge on any atom is -0.303 e. The highest BCUT2D eigenvalue weighted by Crippen LogP contribution is 2.14. The van der Waals surface area contributed by atoms with E-state index < -0.39 is 9.05 Å². The van der Waals surface area contributed by atoms with Gasteiger partial charge in [0.25, 0.3) is 9.05 Å². The molecule has 0 fully saturated rings. The number of hydrogen-bond acceptors (Lipinski definition) is 4. The Morgan fingerprint density at radius 3 is 2.08 bits per heavy atom. The van der Waals surface area contributed by atoms with Crippen LogP contribution in [0.2, 0.25) is 0 Å². The van der Waals surface area contributed by atoms with E-state index in [1.807, 2.05) is 0 Å². The molecule has 0 saturated heterocycles. The van der Waals surface area contributed by atoms with Crippen molar-refractivity contribution >= 4 is 25.9 Å². The van der Waals surface area contributed by atoms with Crippen LogP contribution in [0.4, 0.5) is 0 Å². The summed E-state index contributed by atoms with van der Waals surface area (Å²) in [7, 11) is 4.89. The smallest absolute Gasteiger partial charge is 0.262 e. The van der Waals surface area contributed by atoms with Crippen LogP contribution in [-0.4, -0.2) is 33.7 Å². The molecule has 0 atom stereocenters. The van der Waals surface area contributed by atoms with Crippen LogP contribution >= 0.6 is 10.7 Å². The van der Waals surface area contributed by atoms with Crippen LogP contribution in [-0.2, 0) is 9.05 Å². The van der Waals surface area contributed by atoms with Gasteiger partial charge in [-0.3, -0.25) is 0 Å². The number of hydrogen-bond donors (Lipinski definition) is 0. The summed E-state index contributed by atoms with van der Waals surface area (Å²) in [5.41, 5.74) is 0.612. The van der Waals surface area contributed by atoms with Crippen molar-refractivity contribution in [3.8, 4) is 0 Å². The summed E-state index contributed by atoms with van der Waals surface area (Å²) >= 11 is 0. The summed E-state index contributed by atoms with van der Waals surface area (Å²) in [4.78, 5) is 0.0443. The summed E-state index contributed by atoms with van der Waals surface area (Å²) < 4.78 is 22.0. The van der Waals surface area contributed by atoms with Crippen LogP contribution in [0, 0.1) is 0 Å². The highest BCUT2D eigenvalue weighted by atomic mass is 35.7. The number of allylic oxidation sites excluding steroid dienone is 2. The summed E-state index contributed by atoms with van der Waals surface area (Å²) in [6.07, 6.45) is 1.23. The molecular formula is C7H13ClN2O2S. The molecule has 13 heavy (non-hydrogen) atoms. The highest BCUT2D eigenvalue weighted by Gasteiger charge is 2.13. The van der Waals surface area contributed by atoms with Gasteiger partial charge in [-0.05, 0) is 13.8 Å². The van der Waals surface area contributed by atoms with E-state index in [-0.39, 0.29) is 4.91 Å². The van der Waals surface area contributed by atoms with Crippen molar-refractivity contribution in [2.45, 2.75) is 13.8 Å². The lowest BCUT2D eigenvalue weighted by atomic mass is 10.3. The molecule has 0 rings (SSSR count). The fourth-order valence-corrected chi connectivity index (χ4v) is 1.85. The first-order valence-corrected chi connectivity index (χ1v) is 5.89. The van der Waals surface area contributed by atoms with Crippen molar-refractivity contribution in [2.24, 2.45) is 5.10 Å². The van der Waals surface area contributed by atoms with Gasteiger partial charge in [-0.1, -0.05) is 5.57 Å². The van der Waals surface area contributed by atoms with Crippen LogP contribution in [0.3, 0.4) is 0 Å². The molecule has 4 nitrogen and oxygen atoms in total. The molecule has 76 valence electrons. The molecule has 0 aliphatic heterocycles. The van der Waals surface area contributed by atoms with E-state index >= 15 is 0 Å². The van der Waals surface area contributed by atoms with Gasteiger partial charge >= 0.3 is 0 Å². The van der Waals surface area contributed by atoms with E-state index in [1.165, 1.54) is 11.2 Å². The van der Waals surface area contributed by atoms with Crippen molar-refractivity contribution < 1.29 is 8.42 Å². The average molecular weight is 225 g/mol. The van der Waals surface area contributed by atoms with E-state index in [4.69, 9.17) is 10.7 Å². The van der Waals surface area contributed by atoms with Gasteiger partial charge in [-0.25, -0.2) is 8.42 Å². The molecule has 0 heterocycles. The standard InChI is InChI=1S/C7H13ClN2O2S/c1-6(2)7(13(8,11)12)5-9-10(3)4/h5H,1-4H3/b9-5-. The molecule has 0 unspecified atom stereocenters. The number of halogens is 1. The monoisotopic (exact) mass is 224 g/mol. The predicted molar refractivity (Wildman–Crippen MR) is 55.3 cm³/mol. The molecule has 0 aromatic carbocycles. The SMILES string of the molecule is CC(C)=C(/C=N\N(C)C)S(=O)(=O)Cl. The Bertz CT molecular complexity index is 326. The Morgan fingerprint density at radius 1 is 1.38 bits per heavy atom. The minimum absolute atomic E-state index is 0.0443. The van der Waals surface area contributed by atoms with Gasteiger partial charge in [0.15, 0.2) is 0 Å². The van der Waals surface area contributed by atoms with Crippen LogP contribution in [0.25, 0.3) is 0 Å². The summed E-state index contributed by atoms with van der Waals surface area (Å²) in [6.45, 7) is 3.33. The number of nitrogens with zero attached hydrogens (tertiary/aromatic N) is 2. The van der Waals surface area contributed by atoms with E-state index in [1.54, 1.807) is 27.9 Å². The van der Waals surface area contributed by atoms with E-state index in [9.17, 15) is 8.42 Å². The van der Waals surface area contributed by atoms with E-state index in [0.717, 1.165) is 0 Å². The zero-order valence-electron chi connectivity index (χ0n) is 8.07. The third-order valence-corrected chi connectivity index (χ3v) is 2.70. The topological polar surface area (TPSA) is 49.7 Å². The Kier molecular flexibility index (Phi) is 4.43. The van der Waals surface area contributed by atoms with Crippen molar-refractivity contribution in [3.05, 3.63) is 10.5 Å². The maximum absolute atomic E-state index is 11.0. The number of hydrazone groups is 1.